The first-order valence-corrected chi connectivity index (χ1v) is 37.8. The van der Waals surface area contributed by atoms with Crippen LogP contribution in [0.3, 0.4) is 0 Å². The summed E-state index contributed by atoms with van der Waals surface area (Å²) < 4.78 is 22.9. The van der Waals surface area contributed by atoms with Gasteiger partial charge in [-0.2, -0.15) is 0 Å². The number of nitrogens with zero attached hydrogens (tertiary/aromatic N) is 8. The predicted molar refractivity (Wildman–Crippen MR) is 452 cm³/mol. The minimum Gasteiger partial charge on any atom is -0.490 e. The summed E-state index contributed by atoms with van der Waals surface area (Å²) in [4.78, 5) is 21.2. The Hall–Kier alpha value is -14.3. The first kappa shape index (κ1) is 68.2. The molecular formula is C100H74N8O4. The second-order valence-corrected chi connectivity index (χ2v) is 28.1. The van der Waals surface area contributed by atoms with E-state index in [0.717, 1.165) is 174 Å². The third kappa shape index (κ3) is 12.3. The number of aliphatic hydroxyl groups excluding tert-OH is 2. The molecule has 0 saturated heterocycles. The lowest BCUT2D eigenvalue weighted by molar-refractivity contribution is 0.202. The van der Waals surface area contributed by atoms with E-state index in [9.17, 15) is 10.2 Å². The lowest BCUT2D eigenvalue weighted by Gasteiger charge is -2.35. The van der Waals surface area contributed by atoms with Crippen LogP contribution in [0.2, 0.25) is 0 Å². The maximum atomic E-state index is 10.9. The van der Waals surface area contributed by atoms with E-state index in [1.165, 1.54) is 0 Å². The van der Waals surface area contributed by atoms with Crippen LogP contribution >= 0.6 is 0 Å². The molecule has 4 aromatic heterocycles. The lowest BCUT2D eigenvalue weighted by Crippen LogP contribution is -2.26. The van der Waals surface area contributed by atoms with Crippen LogP contribution in [0, 0.1) is 0 Å². The maximum Gasteiger partial charge on any atom is 0.145 e. The van der Waals surface area contributed by atoms with E-state index in [0.29, 0.717) is 11.5 Å². The van der Waals surface area contributed by atoms with Gasteiger partial charge in [0.25, 0.3) is 0 Å². The molecule has 538 valence electrons. The molecule has 0 atom stereocenters. The van der Waals surface area contributed by atoms with E-state index < -0.39 is 5.41 Å². The number of benzene rings is 15. The number of aromatic nitrogens is 8. The number of aliphatic hydroxyl groups is 2. The normalized spacial score (nSPS) is 11.7. The largest absolute Gasteiger partial charge is 0.490 e. The second-order valence-electron chi connectivity index (χ2n) is 28.1. The van der Waals surface area contributed by atoms with E-state index in [-0.39, 0.29) is 26.4 Å². The number of para-hydroxylation sites is 12. The Labute approximate surface area is 648 Å². The number of ether oxygens (including phenoxy) is 2. The van der Waals surface area contributed by atoms with Gasteiger partial charge in [0.15, 0.2) is 0 Å². The Morgan fingerprint density at radius 3 is 0.705 bits per heavy atom. The van der Waals surface area contributed by atoms with Gasteiger partial charge in [-0.1, -0.05) is 249 Å². The van der Waals surface area contributed by atoms with E-state index >= 15 is 0 Å². The summed E-state index contributed by atoms with van der Waals surface area (Å²) in [7, 11) is 0. The summed E-state index contributed by atoms with van der Waals surface area (Å²) in [6.07, 6.45) is 0. The standard InChI is InChI=1S/C100H74N8O4/c1-100(75-25-7-2-8-26-75,76-63-82(67-43-51-71(52-44-67)96-101-86-35-17-21-39-90(86)105(96)78-27-9-3-10-28-78)94(111-61-59-109)83(64-76)68-45-53-72(54-46-68)97-102-87-36-18-22-40-91(87)106(97)79-29-11-4-12-30-79)77-65-84(69-47-55-73(56-48-69)98-103-88-37-19-23-41-92(88)107(98)80-31-13-5-14-32-80)95(112-62-60-110)85(66-77)70-49-57-74(58-50-70)99-104-89-38-20-24-42-93(89)108(99)81-33-15-6-16-34-81/h2-58,63-66,109-110H,59-62H2,1H3. The van der Waals surface area contributed by atoms with Crippen molar-refractivity contribution in [3.05, 3.63) is 387 Å². The Morgan fingerprint density at radius 2 is 0.464 bits per heavy atom. The maximum absolute atomic E-state index is 10.9. The monoisotopic (exact) mass is 1450 g/mol. The third-order valence-electron chi connectivity index (χ3n) is 21.5. The minimum absolute atomic E-state index is 0.0302. The van der Waals surface area contributed by atoms with Crippen LogP contribution in [0.25, 0.3) is 157 Å². The third-order valence-corrected chi connectivity index (χ3v) is 21.5. The summed E-state index contributed by atoms with van der Waals surface area (Å²) in [6, 6.07) is 129. The highest BCUT2D eigenvalue weighted by Crippen LogP contribution is 2.52. The van der Waals surface area contributed by atoms with E-state index in [2.05, 4.69) is 347 Å². The van der Waals surface area contributed by atoms with Crippen molar-refractivity contribution in [3.63, 3.8) is 0 Å². The van der Waals surface area contributed by atoms with Crippen LogP contribution in [0.15, 0.2) is 370 Å². The van der Waals surface area contributed by atoms with Gasteiger partial charge in [0.1, 0.15) is 48.0 Å². The molecule has 0 amide bonds. The Morgan fingerprint density at radius 1 is 0.250 bits per heavy atom. The van der Waals surface area contributed by atoms with Gasteiger partial charge in [-0.05, 0) is 167 Å². The van der Waals surface area contributed by atoms with Gasteiger partial charge >= 0.3 is 0 Å². The molecule has 0 aliphatic carbocycles. The summed E-state index contributed by atoms with van der Waals surface area (Å²) in [6.45, 7) is 1.94. The number of rotatable bonds is 21. The zero-order chi connectivity index (χ0) is 75.1. The minimum atomic E-state index is -0.985. The topological polar surface area (TPSA) is 130 Å². The molecule has 0 bridgehead atoms. The first-order valence-electron chi connectivity index (χ1n) is 37.8. The number of imidazole rings is 4. The molecule has 12 heteroatoms. The highest BCUT2D eigenvalue weighted by Gasteiger charge is 2.36. The average Bonchev–Trinajstić information content (AvgIpc) is 1.03. The van der Waals surface area contributed by atoms with Gasteiger partial charge in [0.05, 0.1) is 57.3 Å². The SMILES string of the molecule is CC(c1ccccc1)(c1cc(-c2ccc(-c3nc4ccccc4n3-c3ccccc3)cc2)c(OCCO)c(-c2ccc(-c3nc4ccccc4n3-c3ccccc3)cc2)c1)c1cc(-c2ccc(-c3nc4ccccc4n3-c3ccccc3)cc2)c(OCCO)c(-c2ccc(-c3nc4ccccc4n3-c3ccccc3)cc2)c1. The summed E-state index contributed by atoms with van der Waals surface area (Å²) >= 11 is 0. The van der Waals surface area contributed by atoms with Crippen molar-refractivity contribution in [3.8, 4) is 124 Å². The van der Waals surface area contributed by atoms with Gasteiger partial charge in [0.2, 0.25) is 0 Å². The number of hydrogen-bond acceptors (Lipinski definition) is 8. The fraction of sp³-hybridized carbons (Fsp3) is 0.0600. The van der Waals surface area contributed by atoms with Gasteiger partial charge in [-0.15, -0.1) is 0 Å². The smallest absolute Gasteiger partial charge is 0.145 e. The van der Waals surface area contributed by atoms with Crippen LogP contribution in [0.4, 0.5) is 0 Å². The summed E-state index contributed by atoms with van der Waals surface area (Å²) in [5.41, 5.74) is 24.1. The van der Waals surface area contributed by atoms with E-state index in [4.69, 9.17) is 29.4 Å². The summed E-state index contributed by atoms with van der Waals surface area (Å²) in [5.74, 6) is 4.45. The molecule has 15 aromatic carbocycles. The first-order chi connectivity index (χ1) is 55.3. The van der Waals surface area contributed by atoms with Crippen molar-refractivity contribution >= 4 is 44.1 Å². The zero-order valence-electron chi connectivity index (χ0n) is 61.3. The van der Waals surface area contributed by atoms with Crippen LogP contribution in [0.5, 0.6) is 11.5 Å². The van der Waals surface area contributed by atoms with Gasteiger partial charge in [0, 0.05) is 72.7 Å². The van der Waals surface area contributed by atoms with Crippen molar-refractivity contribution < 1.29 is 19.7 Å². The average molecular weight is 1450 g/mol. The molecule has 0 aliphatic rings. The van der Waals surface area contributed by atoms with Gasteiger partial charge in [-0.3, -0.25) is 18.3 Å². The van der Waals surface area contributed by atoms with Gasteiger partial charge in [-0.25, -0.2) is 19.9 Å². The molecule has 0 spiro atoms. The molecule has 0 unspecified atom stereocenters. The molecule has 0 aliphatic heterocycles. The van der Waals surface area contributed by atoms with Crippen LogP contribution in [0.1, 0.15) is 23.6 Å². The quantitative estimate of drug-likeness (QED) is 0.0681. The van der Waals surface area contributed by atoms with E-state index in [1.807, 2.05) is 48.5 Å². The molecule has 4 heterocycles. The number of fused-ring (bicyclic) bond motifs is 4. The second kappa shape index (κ2) is 29.4. The Balaban J connectivity index is 0.841. The fourth-order valence-corrected chi connectivity index (χ4v) is 16.0. The van der Waals surface area contributed by atoms with Crippen LogP contribution in [-0.4, -0.2) is 74.8 Å². The van der Waals surface area contributed by atoms with Crippen molar-refractivity contribution in [1.29, 1.82) is 0 Å². The molecular weight excluding hydrogens is 1380 g/mol. The fourth-order valence-electron chi connectivity index (χ4n) is 16.0. The Kier molecular flexibility index (Phi) is 17.9. The van der Waals surface area contributed by atoms with Crippen LogP contribution in [-0.2, 0) is 5.41 Å². The molecule has 19 aromatic rings. The highest BCUT2D eigenvalue weighted by molar-refractivity contribution is 5.92. The molecule has 19 rings (SSSR count). The molecule has 0 fully saturated rings. The van der Waals surface area contributed by atoms with Crippen molar-refractivity contribution in [2.75, 3.05) is 26.4 Å². The van der Waals surface area contributed by atoms with E-state index in [1.54, 1.807) is 0 Å². The van der Waals surface area contributed by atoms with Crippen molar-refractivity contribution in [1.82, 2.24) is 38.2 Å². The zero-order valence-corrected chi connectivity index (χ0v) is 61.3. The summed E-state index contributed by atoms with van der Waals surface area (Å²) in [5, 5.41) is 21.8. The predicted octanol–water partition coefficient (Wildman–Crippen LogP) is 22.5. The molecule has 0 saturated carbocycles. The molecule has 0 radical (unpaired) electrons. The van der Waals surface area contributed by atoms with Crippen molar-refractivity contribution in [2.24, 2.45) is 0 Å². The highest BCUT2D eigenvalue weighted by atomic mass is 16.5. The lowest BCUT2D eigenvalue weighted by atomic mass is 9.69. The molecule has 2 N–H and O–H groups in total. The van der Waals surface area contributed by atoms with Crippen molar-refractivity contribution in [2.45, 2.75) is 12.3 Å². The number of hydrogen-bond donors (Lipinski definition) is 2. The van der Waals surface area contributed by atoms with Gasteiger partial charge < -0.3 is 19.7 Å². The molecule has 12 nitrogen and oxygen atoms in total. The Bertz CT molecular complexity index is 5870. The van der Waals surface area contributed by atoms with Crippen LogP contribution < -0.4 is 9.47 Å². The molecule has 112 heavy (non-hydrogen) atoms.